The summed E-state index contributed by atoms with van der Waals surface area (Å²) in [6, 6.07) is 1.67. The monoisotopic (exact) mass is 177 g/mol. The molecular weight excluding hydrogens is 166 g/mol. The fourth-order valence-electron chi connectivity index (χ4n) is 1.72. The van der Waals surface area contributed by atoms with Gasteiger partial charge >= 0.3 is 0 Å². The molecule has 1 N–H and O–H groups in total. The first-order valence-electron chi connectivity index (χ1n) is 4.43. The number of hydrogen-bond donors (Lipinski definition) is 1. The molecule has 1 aliphatic carbocycles. The zero-order chi connectivity index (χ0) is 9.42. The maximum atomic E-state index is 9.70. The van der Waals surface area contributed by atoms with Crippen LogP contribution in [0.5, 0.6) is 5.88 Å². The molecule has 0 aromatic carbocycles. The van der Waals surface area contributed by atoms with Crippen LogP contribution in [0.3, 0.4) is 0 Å². The maximum Gasteiger partial charge on any atom is 0.214 e. The highest BCUT2D eigenvalue weighted by molar-refractivity contribution is 5.34. The molecule has 0 bridgehead atoms. The number of aryl methyl sites for hydroxylation is 1. The second kappa shape index (κ2) is 2.77. The molecule has 0 aliphatic heterocycles. The summed E-state index contributed by atoms with van der Waals surface area (Å²) < 4.78 is 1.41. The number of rotatable bonds is 1. The average molecular weight is 177 g/mol. The van der Waals surface area contributed by atoms with Crippen molar-refractivity contribution in [3.63, 3.8) is 0 Å². The van der Waals surface area contributed by atoms with E-state index in [1.807, 2.05) is 0 Å². The Balaban J connectivity index is 2.46. The molecule has 1 unspecified atom stereocenters. The molecule has 13 heavy (non-hydrogen) atoms. The van der Waals surface area contributed by atoms with E-state index in [1.54, 1.807) is 6.92 Å². The predicted molar refractivity (Wildman–Crippen MR) is 46.2 cm³/mol. The summed E-state index contributed by atoms with van der Waals surface area (Å²) in [4.78, 5) is 0. The van der Waals surface area contributed by atoms with Gasteiger partial charge in [-0.05, 0) is 26.2 Å². The second-order valence-electron chi connectivity index (χ2n) is 3.35. The Kier molecular flexibility index (Phi) is 1.73. The van der Waals surface area contributed by atoms with E-state index in [9.17, 15) is 5.11 Å². The molecule has 1 aromatic rings. The van der Waals surface area contributed by atoms with Crippen molar-refractivity contribution in [2.75, 3.05) is 0 Å². The van der Waals surface area contributed by atoms with Crippen molar-refractivity contribution in [1.29, 1.82) is 5.26 Å². The van der Waals surface area contributed by atoms with Crippen molar-refractivity contribution in [2.24, 2.45) is 0 Å². The summed E-state index contributed by atoms with van der Waals surface area (Å²) in [6.45, 7) is 1.72. The van der Waals surface area contributed by atoms with Crippen LogP contribution in [-0.4, -0.2) is 14.9 Å². The molecule has 1 aliphatic rings. The van der Waals surface area contributed by atoms with E-state index in [0.717, 1.165) is 30.5 Å². The van der Waals surface area contributed by atoms with Crippen LogP contribution in [0.15, 0.2) is 0 Å². The van der Waals surface area contributed by atoms with Gasteiger partial charge in [0.2, 0.25) is 5.88 Å². The molecule has 4 heteroatoms. The smallest absolute Gasteiger partial charge is 0.214 e. The normalized spacial score (nSPS) is 16.6. The lowest BCUT2D eigenvalue weighted by Crippen LogP contribution is -2.04. The Morgan fingerprint density at radius 3 is 3.00 bits per heavy atom. The van der Waals surface area contributed by atoms with Crippen molar-refractivity contribution in [1.82, 2.24) is 9.78 Å². The number of nitriles is 1. The maximum absolute atomic E-state index is 9.70. The first kappa shape index (κ1) is 8.11. The summed E-state index contributed by atoms with van der Waals surface area (Å²) in [7, 11) is 0. The van der Waals surface area contributed by atoms with E-state index in [0.29, 0.717) is 0 Å². The molecule has 68 valence electrons. The van der Waals surface area contributed by atoms with Crippen molar-refractivity contribution < 1.29 is 5.11 Å². The van der Waals surface area contributed by atoms with Gasteiger partial charge in [-0.1, -0.05) is 0 Å². The first-order valence-corrected chi connectivity index (χ1v) is 4.43. The SMILES string of the molecule is CC(C#N)n1nc2c(c1O)CCC2. The third-order valence-electron chi connectivity index (χ3n) is 2.46. The molecule has 4 nitrogen and oxygen atoms in total. The molecule has 2 rings (SSSR count). The van der Waals surface area contributed by atoms with Gasteiger partial charge in [0.15, 0.2) is 0 Å². The molecule has 1 atom stereocenters. The minimum absolute atomic E-state index is 0.182. The standard InChI is InChI=1S/C9H11N3O/c1-6(5-10)12-9(13)7-3-2-4-8(7)11-12/h6,13H,2-4H2,1H3. The van der Waals surface area contributed by atoms with E-state index in [1.165, 1.54) is 4.68 Å². The van der Waals surface area contributed by atoms with Crippen LogP contribution >= 0.6 is 0 Å². The number of nitrogens with zero attached hydrogens (tertiary/aromatic N) is 3. The molecule has 0 amide bonds. The predicted octanol–water partition coefficient (Wildman–Crippen LogP) is 1.16. The van der Waals surface area contributed by atoms with E-state index in [-0.39, 0.29) is 11.9 Å². The zero-order valence-electron chi connectivity index (χ0n) is 7.49. The quantitative estimate of drug-likeness (QED) is 0.700. The Hall–Kier alpha value is -1.50. The highest BCUT2D eigenvalue weighted by atomic mass is 16.3. The number of fused-ring (bicyclic) bond motifs is 1. The minimum atomic E-state index is -0.384. The van der Waals surface area contributed by atoms with Crippen molar-refractivity contribution in [2.45, 2.75) is 32.2 Å². The Morgan fingerprint density at radius 1 is 1.62 bits per heavy atom. The van der Waals surface area contributed by atoms with Crippen LogP contribution in [0.2, 0.25) is 0 Å². The molecule has 0 fully saturated rings. The summed E-state index contributed by atoms with van der Waals surface area (Å²) in [5.41, 5.74) is 1.89. The lowest BCUT2D eigenvalue weighted by Gasteiger charge is -2.04. The van der Waals surface area contributed by atoms with E-state index in [2.05, 4.69) is 11.2 Å². The molecular formula is C9H11N3O. The summed E-state index contributed by atoms with van der Waals surface area (Å²) in [5, 5.41) is 22.6. The Bertz CT molecular complexity index is 375. The van der Waals surface area contributed by atoms with Gasteiger partial charge in [-0.2, -0.15) is 10.4 Å². The number of hydrogen-bond acceptors (Lipinski definition) is 3. The largest absolute Gasteiger partial charge is 0.493 e. The summed E-state index contributed by atoms with van der Waals surface area (Å²) in [5.74, 6) is 0.182. The van der Waals surface area contributed by atoms with E-state index >= 15 is 0 Å². The lowest BCUT2D eigenvalue weighted by atomic mass is 10.3. The van der Waals surface area contributed by atoms with Crippen LogP contribution in [0.25, 0.3) is 0 Å². The molecule has 1 heterocycles. The fraction of sp³-hybridized carbons (Fsp3) is 0.556. The topological polar surface area (TPSA) is 61.8 Å². The van der Waals surface area contributed by atoms with Crippen LogP contribution in [-0.2, 0) is 12.8 Å². The average Bonchev–Trinajstić information content (AvgIpc) is 2.68. The first-order chi connectivity index (χ1) is 6.24. The van der Waals surface area contributed by atoms with Gasteiger partial charge in [-0.15, -0.1) is 0 Å². The number of aromatic hydroxyl groups is 1. The van der Waals surface area contributed by atoms with Gasteiger partial charge in [0, 0.05) is 5.56 Å². The molecule has 0 radical (unpaired) electrons. The summed E-state index contributed by atoms with van der Waals surface area (Å²) >= 11 is 0. The third kappa shape index (κ3) is 1.08. The zero-order valence-corrected chi connectivity index (χ0v) is 7.49. The van der Waals surface area contributed by atoms with Gasteiger partial charge in [-0.3, -0.25) is 0 Å². The van der Waals surface area contributed by atoms with Crippen molar-refractivity contribution >= 4 is 0 Å². The molecule has 1 aromatic heterocycles. The second-order valence-corrected chi connectivity index (χ2v) is 3.35. The van der Waals surface area contributed by atoms with Crippen LogP contribution < -0.4 is 0 Å². The van der Waals surface area contributed by atoms with Crippen LogP contribution in [0.1, 0.15) is 30.6 Å². The Morgan fingerprint density at radius 2 is 2.38 bits per heavy atom. The van der Waals surface area contributed by atoms with Gasteiger partial charge in [0.25, 0.3) is 0 Å². The van der Waals surface area contributed by atoms with Crippen molar-refractivity contribution in [3.05, 3.63) is 11.3 Å². The van der Waals surface area contributed by atoms with Crippen molar-refractivity contribution in [3.8, 4) is 11.9 Å². The number of aromatic nitrogens is 2. The fourth-order valence-corrected chi connectivity index (χ4v) is 1.72. The van der Waals surface area contributed by atoms with Crippen LogP contribution in [0, 0.1) is 11.3 Å². The highest BCUT2D eigenvalue weighted by Gasteiger charge is 2.23. The van der Waals surface area contributed by atoms with E-state index < -0.39 is 0 Å². The van der Waals surface area contributed by atoms with Gasteiger partial charge in [-0.25, -0.2) is 4.68 Å². The molecule has 0 saturated carbocycles. The lowest BCUT2D eigenvalue weighted by molar-refractivity contribution is 0.386. The highest BCUT2D eigenvalue weighted by Crippen LogP contribution is 2.31. The molecule has 0 spiro atoms. The minimum Gasteiger partial charge on any atom is -0.493 e. The third-order valence-corrected chi connectivity index (χ3v) is 2.46. The van der Waals surface area contributed by atoms with Gasteiger partial charge in [0.1, 0.15) is 6.04 Å². The molecule has 0 saturated heterocycles. The summed E-state index contributed by atoms with van der Waals surface area (Å²) in [6.07, 6.45) is 2.88. The van der Waals surface area contributed by atoms with Gasteiger partial charge in [0.05, 0.1) is 11.8 Å². The Labute approximate surface area is 76.4 Å². The van der Waals surface area contributed by atoms with Crippen LogP contribution in [0.4, 0.5) is 0 Å². The van der Waals surface area contributed by atoms with Gasteiger partial charge < -0.3 is 5.11 Å². The van der Waals surface area contributed by atoms with E-state index in [4.69, 9.17) is 5.26 Å².